The number of benzene rings is 2. The van der Waals surface area contributed by atoms with E-state index in [-0.39, 0.29) is 0 Å². The smallest absolute Gasteiger partial charge is 0.336 e. The third-order valence-corrected chi connectivity index (χ3v) is 2.80. The molecule has 0 aliphatic carbocycles. The largest absolute Gasteiger partial charge is 0.478 e. The van der Waals surface area contributed by atoms with Gasteiger partial charge in [0.15, 0.2) is 0 Å². The predicted molar refractivity (Wildman–Crippen MR) is 68.2 cm³/mol. The molecule has 0 saturated carbocycles. The van der Waals surface area contributed by atoms with Crippen molar-refractivity contribution in [3.63, 3.8) is 0 Å². The summed E-state index contributed by atoms with van der Waals surface area (Å²) in [6.45, 7) is 2.09. The van der Waals surface area contributed by atoms with Gasteiger partial charge in [0.25, 0.3) is 0 Å². The number of aryl methyl sites for hydroxylation is 1. The summed E-state index contributed by atoms with van der Waals surface area (Å²) in [4.78, 5) is 11.1. The summed E-state index contributed by atoms with van der Waals surface area (Å²) in [5.41, 5.74) is 3.29. The maximum absolute atomic E-state index is 11.1. The average Bonchev–Trinajstić information content (AvgIpc) is 2.39. The Kier molecular flexibility index (Phi) is 3.24. The second-order valence-electron chi connectivity index (χ2n) is 3.90. The van der Waals surface area contributed by atoms with E-state index in [9.17, 15) is 4.79 Å². The first kappa shape index (κ1) is 11.4. The highest BCUT2D eigenvalue weighted by molar-refractivity contribution is 5.96. The van der Waals surface area contributed by atoms with E-state index < -0.39 is 5.97 Å². The number of carboxylic acid groups (broad SMARTS) is 1. The van der Waals surface area contributed by atoms with Crippen molar-refractivity contribution in [2.75, 3.05) is 0 Å². The van der Waals surface area contributed by atoms with Crippen molar-refractivity contribution in [1.29, 1.82) is 0 Å². The lowest BCUT2D eigenvalue weighted by atomic mass is 9.97. The number of carbonyl (C=O) groups is 1. The van der Waals surface area contributed by atoms with Crippen LogP contribution in [-0.4, -0.2) is 11.1 Å². The molecule has 0 unspecified atom stereocenters. The predicted octanol–water partition coefficient (Wildman–Crippen LogP) is 3.61. The van der Waals surface area contributed by atoms with Crippen LogP contribution in [0.2, 0.25) is 0 Å². The second-order valence-corrected chi connectivity index (χ2v) is 3.90. The molecule has 86 valence electrons. The standard InChI is InChI=1S/C15H14O2/c1-2-11-6-5-7-12(10-11)13-8-3-4-9-14(13)15(16)17/h3-10H,2H2,1H3,(H,16,17). The molecule has 0 radical (unpaired) electrons. The van der Waals surface area contributed by atoms with E-state index in [1.54, 1.807) is 12.1 Å². The quantitative estimate of drug-likeness (QED) is 0.868. The zero-order chi connectivity index (χ0) is 12.3. The maximum Gasteiger partial charge on any atom is 0.336 e. The SMILES string of the molecule is CCc1cccc(-c2ccccc2C(=O)O)c1. The van der Waals surface area contributed by atoms with Crippen LogP contribution in [0, 0.1) is 0 Å². The summed E-state index contributed by atoms with van der Waals surface area (Å²) in [7, 11) is 0. The number of hydrogen-bond acceptors (Lipinski definition) is 1. The zero-order valence-corrected chi connectivity index (χ0v) is 9.68. The minimum absolute atomic E-state index is 0.348. The van der Waals surface area contributed by atoms with Crippen LogP contribution in [0.15, 0.2) is 48.5 Å². The van der Waals surface area contributed by atoms with Crippen molar-refractivity contribution in [2.24, 2.45) is 0 Å². The van der Waals surface area contributed by atoms with Crippen molar-refractivity contribution >= 4 is 5.97 Å². The molecular formula is C15H14O2. The Morgan fingerprint density at radius 1 is 1.12 bits per heavy atom. The minimum atomic E-state index is -0.887. The maximum atomic E-state index is 11.1. The summed E-state index contributed by atoms with van der Waals surface area (Å²) in [5, 5.41) is 9.15. The van der Waals surface area contributed by atoms with Gasteiger partial charge in [0, 0.05) is 0 Å². The van der Waals surface area contributed by atoms with Crippen LogP contribution in [-0.2, 0) is 6.42 Å². The summed E-state index contributed by atoms with van der Waals surface area (Å²) in [6, 6.07) is 15.1. The monoisotopic (exact) mass is 226 g/mol. The first-order valence-electron chi connectivity index (χ1n) is 5.64. The fraction of sp³-hybridized carbons (Fsp3) is 0.133. The summed E-state index contributed by atoms with van der Waals surface area (Å²) < 4.78 is 0. The lowest BCUT2D eigenvalue weighted by Gasteiger charge is -2.07. The summed E-state index contributed by atoms with van der Waals surface area (Å²) >= 11 is 0. The number of hydrogen-bond donors (Lipinski definition) is 1. The topological polar surface area (TPSA) is 37.3 Å². The fourth-order valence-corrected chi connectivity index (χ4v) is 1.88. The van der Waals surface area contributed by atoms with Gasteiger partial charge in [0.1, 0.15) is 0 Å². The first-order chi connectivity index (χ1) is 8.22. The lowest BCUT2D eigenvalue weighted by Crippen LogP contribution is -1.99. The van der Waals surface area contributed by atoms with E-state index in [0.717, 1.165) is 17.5 Å². The normalized spacial score (nSPS) is 10.2. The van der Waals surface area contributed by atoms with Crippen molar-refractivity contribution in [3.8, 4) is 11.1 Å². The molecule has 0 heterocycles. The molecule has 0 aliphatic heterocycles. The van der Waals surface area contributed by atoms with E-state index in [0.29, 0.717) is 5.56 Å². The van der Waals surface area contributed by atoms with Gasteiger partial charge >= 0.3 is 5.97 Å². The number of aromatic carboxylic acids is 1. The summed E-state index contributed by atoms with van der Waals surface area (Å²) in [6.07, 6.45) is 0.947. The lowest BCUT2D eigenvalue weighted by molar-refractivity contribution is 0.0697. The third kappa shape index (κ3) is 2.36. The average molecular weight is 226 g/mol. The van der Waals surface area contributed by atoms with E-state index in [1.807, 2.05) is 36.4 Å². The molecule has 0 aliphatic rings. The molecule has 2 aromatic rings. The molecule has 17 heavy (non-hydrogen) atoms. The highest BCUT2D eigenvalue weighted by Crippen LogP contribution is 2.24. The molecule has 0 aromatic heterocycles. The van der Waals surface area contributed by atoms with Gasteiger partial charge in [-0.1, -0.05) is 49.4 Å². The van der Waals surface area contributed by atoms with Crippen molar-refractivity contribution < 1.29 is 9.90 Å². The van der Waals surface area contributed by atoms with Gasteiger partial charge in [0.2, 0.25) is 0 Å². The molecule has 2 rings (SSSR count). The highest BCUT2D eigenvalue weighted by Gasteiger charge is 2.10. The minimum Gasteiger partial charge on any atom is -0.478 e. The molecule has 0 spiro atoms. The van der Waals surface area contributed by atoms with Crippen LogP contribution >= 0.6 is 0 Å². The van der Waals surface area contributed by atoms with Gasteiger partial charge in [-0.15, -0.1) is 0 Å². The molecule has 1 N–H and O–H groups in total. The van der Waals surface area contributed by atoms with Gasteiger partial charge in [0.05, 0.1) is 5.56 Å². The Morgan fingerprint density at radius 3 is 2.59 bits per heavy atom. The summed E-state index contributed by atoms with van der Waals surface area (Å²) in [5.74, 6) is -0.887. The highest BCUT2D eigenvalue weighted by atomic mass is 16.4. The van der Waals surface area contributed by atoms with Gasteiger partial charge < -0.3 is 5.11 Å². The van der Waals surface area contributed by atoms with Crippen LogP contribution in [0.5, 0.6) is 0 Å². The van der Waals surface area contributed by atoms with Gasteiger partial charge in [-0.25, -0.2) is 4.79 Å². The Labute approximate surface area is 101 Å². The Bertz CT molecular complexity index is 544. The first-order valence-corrected chi connectivity index (χ1v) is 5.64. The van der Waals surface area contributed by atoms with E-state index >= 15 is 0 Å². The van der Waals surface area contributed by atoms with Crippen LogP contribution in [0.3, 0.4) is 0 Å². The molecule has 2 nitrogen and oxygen atoms in total. The Hall–Kier alpha value is -2.09. The van der Waals surface area contributed by atoms with Gasteiger partial charge in [-0.3, -0.25) is 0 Å². The molecule has 2 aromatic carbocycles. The molecular weight excluding hydrogens is 212 g/mol. The second kappa shape index (κ2) is 4.83. The zero-order valence-electron chi connectivity index (χ0n) is 9.68. The molecule has 0 atom stereocenters. The van der Waals surface area contributed by atoms with Gasteiger partial charge in [-0.05, 0) is 29.2 Å². The molecule has 0 fully saturated rings. The van der Waals surface area contributed by atoms with E-state index in [2.05, 4.69) is 6.92 Å². The Morgan fingerprint density at radius 2 is 1.88 bits per heavy atom. The number of rotatable bonds is 3. The van der Waals surface area contributed by atoms with Crippen LogP contribution in [0.1, 0.15) is 22.8 Å². The van der Waals surface area contributed by atoms with E-state index in [4.69, 9.17) is 5.11 Å². The van der Waals surface area contributed by atoms with E-state index in [1.165, 1.54) is 5.56 Å². The molecule has 0 bridgehead atoms. The van der Waals surface area contributed by atoms with Crippen LogP contribution < -0.4 is 0 Å². The molecule has 0 amide bonds. The van der Waals surface area contributed by atoms with Crippen molar-refractivity contribution in [1.82, 2.24) is 0 Å². The van der Waals surface area contributed by atoms with Crippen molar-refractivity contribution in [3.05, 3.63) is 59.7 Å². The number of carboxylic acids is 1. The van der Waals surface area contributed by atoms with Crippen LogP contribution in [0.4, 0.5) is 0 Å². The Balaban J connectivity index is 2.56. The molecule has 2 heteroatoms. The van der Waals surface area contributed by atoms with Crippen LogP contribution in [0.25, 0.3) is 11.1 Å². The molecule has 0 saturated heterocycles. The van der Waals surface area contributed by atoms with Crippen molar-refractivity contribution in [2.45, 2.75) is 13.3 Å². The third-order valence-electron chi connectivity index (χ3n) is 2.80. The fourth-order valence-electron chi connectivity index (χ4n) is 1.88. The van der Waals surface area contributed by atoms with Gasteiger partial charge in [-0.2, -0.15) is 0 Å².